The highest BCUT2D eigenvalue weighted by molar-refractivity contribution is 7.91. The Kier molecular flexibility index (Phi) is 3.75. The van der Waals surface area contributed by atoms with Crippen molar-refractivity contribution in [1.82, 2.24) is 5.32 Å². The quantitative estimate of drug-likeness (QED) is 0.895. The summed E-state index contributed by atoms with van der Waals surface area (Å²) in [6.45, 7) is 0. The van der Waals surface area contributed by atoms with E-state index < -0.39 is 15.9 Å². The summed E-state index contributed by atoms with van der Waals surface area (Å²) in [6, 6.07) is 5.53. The van der Waals surface area contributed by atoms with Crippen molar-refractivity contribution >= 4 is 27.3 Å². The van der Waals surface area contributed by atoms with E-state index in [1.807, 2.05) is 0 Å². The molecule has 0 saturated carbocycles. The molecule has 0 unspecified atom stereocenters. The summed E-state index contributed by atoms with van der Waals surface area (Å²) in [5, 5.41) is 9.27. The summed E-state index contributed by atoms with van der Waals surface area (Å²) in [6.07, 6.45) is 1.46. The molecule has 1 aliphatic carbocycles. The van der Waals surface area contributed by atoms with Crippen LogP contribution in [-0.2, 0) is 16.4 Å². The van der Waals surface area contributed by atoms with E-state index in [4.69, 9.17) is 5.14 Å². The molecule has 1 amide bonds. The number of carbonyl (C=O) groups excluding carboxylic acids is 1. The van der Waals surface area contributed by atoms with Gasteiger partial charge in [-0.05, 0) is 42.2 Å². The largest absolute Gasteiger partial charge is 0.345 e. The number of hydrogen-bond donors (Lipinski definition) is 2. The average Bonchev–Trinajstić information content (AvgIpc) is 3.05. The Morgan fingerprint density at radius 2 is 2.14 bits per heavy atom. The second-order valence-electron chi connectivity index (χ2n) is 5.11. The number of nitrogens with two attached hydrogens (primary N) is 1. The maximum absolute atomic E-state index is 13.3. The summed E-state index contributed by atoms with van der Waals surface area (Å²) in [4.78, 5) is 12.2. The summed E-state index contributed by atoms with van der Waals surface area (Å²) < 4.78 is 35.7. The van der Waals surface area contributed by atoms with Crippen LogP contribution in [0.3, 0.4) is 0 Å². The van der Waals surface area contributed by atoms with E-state index in [0.717, 1.165) is 28.9 Å². The molecule has 5 nitrogen and oxygen atoms in total. The molecule has 2 aromatic rings. The third kappa shape index (κ3) is 2.90. The molecule has 116 valence electrons. The lowest BCUT2D eigenvalue weighted by Gasteiger charge is -2.13. The van der Waals surface area contributed by atoms with Gasteiger partial charge in [0.25, 0.3) is 5.91 Å². The number of halogens is 1. The average molecular weight is 340 g/mol. The predicted molar refractivity (Wildman–Crippen MR) is 80.6 cm³/mol. The van der Waals surface area contributed by atoms with Crippen LogP contribution >= 0.6 is 11.3 Å². The first-order valence-electron chi connectivity index (χ1n) is 6.55. The smallest absolute Gasteiger partial charge is 0.252 e. The number of sulfonamides is 1. The zero-order chi connectivity index (χ0) is 15.9. The minimum absolute atomic E-state index is 0.0597. The van der Waals surface area contributed by atoms with Crippen LogP contribution in [0.1, 0.15) is 33.9 Å². The number of thiophene rings is 1. The second-order valence-corrected chi connectivity index (χ2v) is 7.81. The highest BCUT2D eigenvalue weighted by Gasteiger charge is 2.25. The maximum Gasteiger partial charge on any atom is 0.252 e. The summed E-state index contributed by atoms with van der Waals surface area (Å²) in [5.74, 6) is -0.736. The Morgan fingerprint density at radius 3 is 2.82 bits per heavy atom. The fourth-order valence-electron chi connectivity index (χ4n) is 2.55. The second kappa shape index (κ2) is 5.45. The topological polar surface area (TPSA) is 89.3 Å². The van der Waals surface area contributed by atoms with Crippen molar-refractivity contribution < 1.29 is 17.6 Å². The summed E-state index contributed by atoms with van der Waals surface area (Å²) >= 11 is 0.897. The first kappa shape index (κ1) is 15.1. The molecule has 0 radical (unpaired) electrons. The Labute approximate surface area is 131 Å². The lowest BCUT2D eigenvalue weighted by atomic mass is 10.1. The van der Waals surface area contributed by atoms with Gasteiger partial charge >= 0.3 is 0 Å². The van der Waals surface area contributed by atoms with Crippen LogP contribution in [0.25, 0.3) is 0 Å². The molecule has 22 heavy (non-hydrogen) atoms. The number of fused-ring (bicyclic) bond motifs is 1. The van der Waals surface area contributed by atoms with Gasteiger partial charge in [0.15, 0.2) is 0 Å². The van der Waals surface area contributed by atoms with Gasteiger partial charge < -0.3 is 5.32 Å². The number of primary sulfonamides is 1. The van der Waals surface area contributed by atoms with E-state index in [9.17, 15) is 17.6 Å². The van der Waals surface area contributed by atoms with Crippen LogP contribution in [0.4, 0.5) is 4.39 Å². The zero-order valence-corrected chi connectivity index (χ0v) is 13.0. The van der Waals surface area contributed by atoms with E-state index in [2.05, 4.69) is 5.32 Å². The molecule has 0 bridgehead atoms. The third-order valence-corrected chi connectivity index (χ3v) is 6.00. The van der Waals surface area contributed by atoms with Crippen LogP contribution in [0, 0.1) is 5.82 Å². The van der Waals surface area contributed by atoms with E-state index in [1.165, 1.54) is 23.6 Å². The van der Waals surface area contributed by atoms with Gasteiger partial charge in [-0.15, -0.1) is 11.3 Å². The fourth-order valence-corrected chi connectivity index (χ4v) is 4.13. The summed E-state index contributed by atoms with van der Waals surface area (Å²) in [7, 11) is -3.81. The highest BCUT2D eigenvalue weighted by Crippen LogP contribution is 2.32. The molecule has 1 aromatic heterocycles. The van der Waals surface area contributed by atoms with Crippen molar-refractivity contribution in [3.8, 4) is 0 Å². The highest BCUT2D eigenvalue weighted by atomic mass is 32.2. The van der Waals surface area contributed by atoms with E-state index in [0.29, 0.717) is 6.42 Å². The van der Waals surface area contributed by atoms with E-state index in [1.54, 1.807) is 6.07 Å². The van der Waals surface area contributed by atoms with Gasteiger partial charge in [0.05, 0.1) is 11.6 Å². The van der Waals surface area contributed by atoms with Gasteiger partial charge in [0, 0.05) is 5.38 Å². The molecule has 1 heterocycles. The van der Waals surface area contributed by atoms with Crippen molar-refractivity contribution in [2.45, 2.75) is 23.1 Å². The van der Waals surface area contributed by atoms with E-state index in [-0.39, 0.29) is 21.6 Å². The van der Waals surface area contributed by atoms with Crippen molar-refractivity contribution in [2.75, 3.05) is 0 Å². The lowest BCUT2D eigenvalue weighted by molar-refractivity contribution is 0.0937. The number of rotatable bonds is 3. The SMILES string of the molecule is NS(=O)(=O)c1cc(C(=O)N[C@H]2CCc3ccc(F)cc32)cs1. The van der Waals surface area contributed by atoms with Crippen molar-refractivity contribution in [2.24, 2.45) is 5.14 Å². The van der Waals surface area contributed by atoms with Crippen LogP contribution in [0.15, 0.2) is 33.9 Å². The number of aryl methyl sites for hydroxylation is 1. The molecule has 1 atom stereocenters. The van der Waals surface area contributed by atoms with Crippen molar-refractivity contribution in [3.05, 3.63) is 52.2 Å². The molecule has 3 rings (SSSR count). The zero-order valence-electron chi connectivity index (χ0n) is 11.4. The number of nitrogens with one attached hydrogen (secondary N) is 1. The van der Waals surface area contributed by atoms with Crippen molar-refractivity contribution in [3.63, 3.8) is 0 Å². The lowest BCUT2D eigenvalue weighted by Crippen LogP contribution is -2.26. The van der Waals surface area contributed by atoms with Crippen LogP contribution < -0.4 is 10.5 Å². The van der Waals surface area contributed by atoms with Crippen molar-refractivity contribution in [1.29, 1.82) is 0 Å². The Balaban J connectivity index is 1.79. The molecule has 1 aromatic carbocycles. The number of hydrogen-bond acceptors (Lipinski definition) is 4. The first-order chi connectivity index (χ1) is 10.3. The number of amides is 1. The fraction of sp³-hybridized carbons (Fsp3) is 0.214. The molecule has 0 fully saturated rings. The Hall–Kier alpha value is -1.77. The number of benzene rings is 1. The molecule has 8 heteroatoms. The monoisotopic (exact) mass is 340 g/mol. The van der Waals surface area contributed by atoms with Gasteiger partial charge in [-0.3, -0.25) is 4.79 Å². The van der Waals surface area contributed by atoms with Gasteiger partial charge in [0.1, 0.15) is 10.0 Å². The third-order valence-electron chi connectivity index (χ3n) is 3.61. The predicted octanol–water partition coefficient (Wildman–Crippen LogP) is 1.95. The Bertz CT molecular complexity index is 846. The molecular formula is C14H13FN2O3S2. The van der Waals surface area contributed by atoms with Gasteiger partial charge in [-0.1, -0.05) is 6.07 Å². The van der Waals surface area contributed by atoms with Gasteiger partial charge in [0.2, 0.25) is 10.0 Å². The minimum Gasteiger partial charge on any atom is -0.345 e. The molecule has 1 aliphatic rings. The normalized spacial score (nSPS) is 17.3. The van der Waals surface area contributed by atoms with Crippen LogP contribution in [0.5, 0.6) is 0 Å². The molecule has 3 N–H and O–H groups in total. The first-order valence-corrected chi connectivity index (χ1v) is 8.98. The Morgan fingerprint density at radius 1 is 1.36 bits per heavy atom. The molecular weight excluding hydrogens is 327 g/mol. The van der Waals surface area contributed by atoms with Gasteiger partial charge in [-0.25, -0.2) is 17.9 Å². The minimum atomic E-state index is -3.81. The van der Waals surface area contributed by atoms with Crippen LogP contribution in [0.2, 0.25) is 0 Å². The molecule has 0 aliphatic heterocycles. The van der Waals surface area contributed by atoms with Gasteiger partial charge in [-0.2, -0.15) is 0 Å². The van der Waals surface area contributed by atoms with E-state index >= 15 is 0 Å². The molecule has 0 spiro atoms. The summed E-state index contributed by atoms with van der Waals surface area (Å²) in [5.41, 5.74) is 2.02. The maximum atomic E-state index is 13.3. The van der Waals surface area contributed by atoms with Crippen LogP contribution in [-0.4, -0.2) is 14.3 Å². The molecule has 0 saturated heterocycles. The number of carbonyl (C=O) groups is 1. The standard InChI is InChI=1S/C14H13FN2O3S2/c15-10-3-1-8-2-4-12(11(8)6-10)17-14(18)9-5-13(21-7-9)22(16,19)20/h1,3,5-7,12H,2,4H2,(H,17,18)(H2,16,19,20)/t12-/m0/s1.